The van der Waals surface area contributed by atoms with Crippen LogP contribution in [-0.4, -0.2) is 40.9 Å². The van der Waals surface area contributed by atoms with Gasteiger partial charge in [0, 0.05) is 5.56 Å². The molecule has 0 saturated carbocycles. The maximum Gasteiger partial charge on any atom is 0.284 e. The summed E-state index contributed by atoms with van der Waals surface area (Å²) in [5.74, 6) is -1.27. The van der Waals surface area contributed by atoms with Gasteiger partial charge in [0.1, 0.15) is 5.75 Å². The number of nitrogens with one attached hydrogen (secondary N) is 1. The molecule has 2 heterocycles. The maximum atomic E-state index is 13.6. The van der Waals surface area contributed by atoms with E-state index < -0.39 is 31.9 Å². The Balaban J connectivity index is 1.56. The van der Waals surface area contributed by atoms with Gasteiger partial charge in [-0.1, -0.05) is 35.9 Å². The van der Waals surface area contributed by atoms with Gasteiger partial charge in [0.05, 0.1) is 33.1 Å². The lowest BCUT2D eigenvalue weighted by molar-refractivity contribution is -0.116. The molecule has 2 aliphatic heterocycles. The van der Waals surface area contributed by atoms with E-state index in [-0.39, 0.29) is 36.7 Å². The quantitative estimate of drug-likeness (QED) is 0.463. The van der Waals surface area contributed by atoms with Crippen molar-refractivity contribution in [1.82, 2.24) is 5.32 Å². The van der Waals surface area contributed by atoms with Crippen LogP contribution >= 0.6 is 11.8 Å². The van der Waals surface area contributed by atoms with Gasteiger partial charge in [-0.05, 0) is 61.2 Å². The molecule has 13 heteroatoms. The number of sulfonamides is 2. The van der Waals surface area contributed by atoms with Crippen molar-refractivity contribution >= 4 is 60.1 Å². The van der Waals surface area contributed by atoms with E-state index in [0.717, 1.165) is 5.56 Å². The predicted molar refractivity (Wildman–Crippen MR) is 143 cm³/mol. The van der Waals surface area contributed by atoms with E-state index in [1.165, 1.54) is 55.6 Å². The van der Waals surface area contributed by atoms with E-state index in [2.05, 4.69) is 9.71 Å². The Morgan fingerprint density at radius 2 is 1.50 bits per heavy atom. The SMILES string of the molecule is COc1ccc(S(=O)(=O)N2C(=O)/C(=C3\SC(=NS(=O)(=O)c4ccc(C)cc4)NC3=O)c3ccccc32)cc1. The standard InChI is InChI=1S/C25H19N3O7S3/c1-15-7-11-17(12-8-15)37(31,32)27-25-26-23(29)22(36-25)21-19-5-3-4-6-20(19)28(24(21)30)38(33,34)18-13-9-16(35-2)10-14-18/h3-14H,1-2H3,(H,26,27,29)/b22-21-. The lowest BCUT2D eigenvalue weighted by Crippen LogP contribution is -2.34. The molecule has 0 radical (unpaired) electrons. The first-order valence-electron chi connectivity index (χ1n) is 11.0. The van der Waals surface area contributed by atoms with E-state index in [0.29, 0.717) is 21.8 Å². The molecule has 10 nitrogen and oxygen atoms in total. The molecule has 1 fully saturated rings. The Kier molecular flexibility index (Phi) is 6.37. The van der Waals surface area contributed by atoms with Crippen LogP contribution in [0, 0.1) is 6.92 Å². The number of carbonyl (C=O) groups excluding carboxylic acids is 2. The van der Waals surface area contributed by atoms with Crippen LogP contribution in [0.25, 0.3) is 5.57 Å². The number of aryl methyl sites for hydroxylation is 1. The molecule has 2 amide bonds. The first-order chi connectivity index (χ1) is 18.0. The molecule has 0 unspecified atom stereocenters. The third kappa shape index (κ3) is 4.38. The second kappa shape index (κ2) is 9.42. The van der Waals surface area contributed by atoms with Gasteiger partial charge in [0.25, 0.3) is 31.9 Å². The Bertz CT molecular complexity index is 1760. The van der Waals surface area contributed by atoms with E-state index in [1.807, 2.05) is 6.92 Å². The summed E-state index contributed by atoms with van der Waals surface area (Å²) in [7, 11) is -7.07. The largest absolute Gasteiger partial charge is 0.497 e. The van der Waals surface area contributed by atoms with Crippen molar-refractivity contribution < 1.29 is 31.2 Å². The van der Waals surface area contributed by atoms with Gasteiger partial charge in [0.15, 0.2) is 5.17 Å². The number of fused-ring (bicyclic) bond motifs is 1. The number of nitrogens with zero attached hydrogens (tertiary/aromatic N) is 2. The van der Waals surface area contributed by atoms with Crippen molar-refractivity contribution in [3.05, 3.63) is 88.8 Å². The Hall–Kier alpha value is -3.94. The minimum Gasteiger partial charge on any atom is -0.497 e. The van der Waals surface area contributed by atoms with Gasteiger partial charge >= 0.3 is 0 Å². The fourth-order valence-electron chi connectivity index (χ4n) is 3.90. The molecule has 0 aliphatic carbocycles. The second-order valence-electron chi connectivity index (χ2n) is 8.21. The number of amidine groups is 1. The number of para-hydroxylation sites is 1. The van der Waals surface area contributed by atoms with Crippen LogP contribution in [0.15, 0.2) is 91.9 Å². The average molecular weight is 570 g/mol. The number of anilines is 1. The van der Waals surface area contributed by atoms with Crippen LogP contribution in [0.4, 0.5) is 5.69 Å². The summed E-state index contributed by atoms with van der Waals surface area (Å²) in [6, 6.07) is 17.7. The first-order valence-corrected chi connectivity index (χ1v) is 14.7. The summed E-state index contributed by atoms with van der Waals surface area (Å²) in [6.45, 7) is 1.81. The molecule has 3 aromatic rings. The number of hydrogen-bond acceptors (Lipinski definition) is 8. The smallest absolute Gasteiger partial charge is 0.284 e. The summed E-state index contributed by atoms with van der Waals surface area (Å²) in [5.41, 5.74) is 0.981. The Labute approximate surface area is 223 Å². The highest BCUT2D eigenvalue weighted by atomic mass is 32.2. The number of carbonyl (C=O) groups is 2. The Morgan fingerprint density at radius 1 is 0.868 bits per heavy atom. The normalized spacial score (nSPS) is 18.6. The highest BCUT2D eigenvalue weighted by Crippen LogP contribution is 2.45. The lowest BCUT2D eigenvalue weighted by atomic mass is 10.1. The maximum absolute atomic E-state index is 13.6. The van der Waals surface area contributed by atoms with Crippen LogP contribution in [0.1, 0.15) is 11.1 Å². The zero-order chi connectivity index (χ0) is 27.2. The zero-order valence-electron chi connectivity index (χ0n) is 19.9. The number of amides is 2. The van der Waals surface area contributed by atoms with Crippen molar-refractivity contribution in [2.45, 2.75) is 16.7 Å². The average Bonchev–Trinajstić information content (AvgIpc) is 3.39. The molecule has 5 rings (SSSR count). The molecule has 1 saturated heterocycles. The van der Waals surface area contributed by atoms with Crippen LogP contribution in [0.3, 0.4) is 0 Å². The summed E-state index contributed by atoms with van der Waals surface area (Å²) in [4.78, 5) is 26.1. The minimum atomic E-state index is -4.36. The molecule has 0 bridgehead atoms. The van der Waals surface area contributed by atoms with Crippen molar-refractivity contribution in [1.29, 1.82) is 0 Å². The van der Waals surface area contributed by atoms with Crippen LogP contribution < -0.4 is 14.4 Å². The number of thioether (sulfide) groups is 1. The highest BCUT2D eigenvalue weighted by molar-refractivity contribution is 8.19. The molecule has 0 atom stereocenters. The third-order valence-electron chi connectivity index (χ3n) is 5.76. The number of hydrogen-bond donors (Lipinski definition) is 1. The van der Waals surface area contributed by atoms with Crippen LogP contribution in [-0.2, 0) is 29.6 Å². The van der Waals surface area contributed by atoms with E-state index in [4.69, 9.17) is 4.74 Å². The monoisotopic (exact) mass is 569 g/mol. The Morgan fingerprint density at radius 3 is 2.16 bits per heavy atom. The van der Waals surface area contributed by atoms with E-state index in [9.17, 15) is 26.4 Å². The van der Waals surface area contributed by atoms with Crippen molar-refractivity contribution in [2.75, 3.05) is 11.4 Å². The second-order valence-corrected chi connectivity index (χ2v) is 12.6. The summed E-state index contributed by atoms with van der Waals surface area (Å²) in [5, 5.41) is 2.12. The van der Waals surface area contributed by atoms with Gasteiger partial charge in [-0.15, -0.1) is 4.40 Å². The highest BCUT2D eigenvalue weighted by Gasteiger charge is 2.45. The third-order valence-corrected chi connectivity index (χ3v) is 9.86. The van der Waals surface area contributed by atoms with Crippen LogP contribution in [0.5, 0.6) is 5.75 Å². The van der Waals surface area contributed by atoms with Crippen LogP contribution in [0.2, 0.25) is 0 Å². The molecule has 2 aliphatic rings. The molecule has 0 aromatic heterocycles. The molecule has 194 valence electrons. The zero-order valence-corrected chi connectivity index (χ0v) is 22.4. The topological polar surface area (TPSA) is 139 Å². The van der Waals surface area contributed by atoms with Gasteiger partial charge in [0.2, 0.25) is 0 Å². The molecular formula is C25H19N3O7S3. The number of ether oxygens (including phenoxy) is 1. The lowest BCUT2D eigenvalue weighted by Gasteiger charge is -2.17. The van der Waals surface area contributed by atoms with Crippen molar-refractivity contribution in [3.63, 3.8) is 0 Å². The molecule has 38 heavy (non-hydrogen) atoms. The van der Waals surface area contributed by atoms with Gasteiger partial charge in [-0.3, -0.25) is 14.9 Å². The molecule has 0 spiro atoms. The van der Waals surface area contributed by atoms with E-state index in [1.54, 1.807) is 24.3 Å². The predicted octanol–water partition coefficient (Wildman–Crippen LogP) is 3.06. The summed E-state index contributed by atoms with van der Waals surface area (Å²) < 4.78 is 62.0. The molecule has 3 aromatic carbocycles. The number of methoxy groups -OCH3 is 1. The van der Waals surface area contributed by atoms with Gasteiger partial charge in [-0.25, -0.2) is 8.42 Å². The number of rotatable bonds is 5. The fourth-order valence-corrected chi connectivity index (χ4v) is 7.39. The van der Waals surface area contributed by atoms with Gasteiger partial charge in [-0.2, -0.15) is 12.7 Å². The summed E-state index contributed by atoms with van der Waals surface area (Å²) >= 11 is 0.652. The van der Waals surface area contributed by atoms with Gasteiger partial charge < -0.3 is 4.74 Å². The fraction of sp³-hybridized carbons (Fsp3) is 0.0800. The van der Waals surface area contributed by atoms with Crippen molar-refractivity contribution in [2.24, 2.45) is 4.40 Å². The van der Waals surface area contributed by atoms with Crippen molar-refractivity contribution in [3.8, 4) is 5.75 Å². The molecular weight excluding hydrogens is 550 g/mol. The molecule has 1 N–H and O–H groups in total. The number of benzene rings is 3. The minimum absolute atomic E-state index is 0.0643. The van der Waals surface area contributed by atoms with E-state index >= 15 is 0 Å². The first kappa shape index (κ1) is 25.7. The summed E-state index contributed by atoms with van der Waals surface area (Å²) in [6.07, 6.45) is 0.